The molecule has 1 aliphatic heterocycles. The first-order chi connectivity index (χ1) is 11.1. The van der Waals surface area contributed by atoms with Crippen LogP contribution in [-0.2, 0) is 4.74 Å². The highest BCUT2D eigenvalue weighted by Gasteiger charge is 2.24. The van der Waals surface area contributed by atoms with E-state index in [1.807, 2.05) is 6.92 Å². The Kier molecular flexibility index (Phi) is 4.24. The van der Waals surface area contributed by atoms with Gasteiger partial charge in [-0.05, 0) is 32.3 Å². The van der Waals surface area contributed by atoms with Crippen molar-refractivity contribution in [3.05, 3.63) is 34.1 Å². The van der Waals surface area contributed by atoms with Crippen LogP contribution in [0.4, 0.5) is 5.69 Å². The van der Waals surface area contributed by atoms with E-state index in [0.717, 1.165) is 19.3 Å². The van der Waals surface area contributed by atoms with Gasteiger partial charge in [-0.1, -0.05) is 6.07 Å². The highest BCUT2D eigenvalue weighted by Crippen LogP contribution is 2.36. The van der Waals surface area contributed by atoms with E-state index in [0.29, 0.717) is 23.8 Å². The molecule has 122 valence electrons. The molecule has 1 unspecified atom stereocenters. The molecule has 0 aliphatic carbocycles. The summed E-state index contributed by atoms with van der Waals surface area (Å²) in [6.07, 6.45) is 2.89. The zero-order valence-electron chi connectivity index (χ0n) is 13.1. The van der Waals surface area contributed by atoms with Gasteiger partial charge in [0.05, 0.1) is 17.6 Å². The molecule has 0 saturated carbocycles. The third-order valence-electron chi connectivity index (χ3n) is 3.87. The zero-order chi connectivity index (χ0) is 16.4. The fourth-order valence-corrected chi connectivity index (χ4v) is 2.76. The fourth-order valence-electron chi connectivity index (χ4n) is 2.76. The van der Waals surface area contributed by atoms with Crippen LogP contribution in [0.25, 0.3) is 11.4 Å². The van der Waals surface area contributed by atoms with Gasteiger partial charge in [0.15, 0.2) is 12.1 Å². The van der Waals surface area contributed by atoms with Gasteiger partial charge in [-0.25, -0.2) is 9.67 Å². The standard InChI is InChI=1S/C15H18N4O4/c1-10-16-15(17-18(10)13-8-3-4-9-23-13)11-6-5-7-12(19(20)21)14(11)22-2/h5-7,13H,3-4,8-9H2,1-2H3. The maximum Gasteiger partial charge on any atom is 0.311 e. The quantitative estimate of drug-likeness (QED) is 0.635. The van der Waals surface area contributed by atoms with Gasteiger partial charge in [0.1, 0.15) is 5.82 Å². The predicted octanol–water partition coefficient (Wildman–Crippen LogP) is 2.87. The summed E-state index contributed by atoms with van der Waals surface area (Å²) >= 11 is 0. The summed E-state index contributed by atoms with van der Waals surface area (Å²) in [5.74, 6) is 1.27. The molecule has 0 N–H and O–H groups in total. The highest BCUT2D eigenvalue weighted by atomic mass is 16.6. The molecule has 1 aromatic heterocycles. The van der Waals surface area contributed by atoms with Crippen molar-refractivity contribution >= 4 is 5.69 Å². The summed E-state index contributed by atoms with van der Waals surface area (Å²) in [5.41, 5.74) is 0.396. The fraction of sp³-hybridized carbons (Fsp3) is 0.467. The molecule has 23 heavy (non-hydrogen) atoms. The summed E-state index contributed by atoms with van der Waals surface area (Å²) in [7, 11) is 1.40. The number of benzene rings is 1. The molecule has 8 heteroatoms. The Hall–Kier alpha value is -2.48. The van der Waals surface area contributed by atoms with Crippen molar-refractivity contribution in [2.24, 2.45) is 0 Å². The molecular weight excluding hydrogens is 300 g/mol. The molecule has 1 aliphatic rings. The number of para-hydroxylation sites is 1. The molecule has 0 radical (unpaired) electrons. The lowest BCUT2D eigenvalue weighted by Crippen LogP contribution is -2.20. The average molecular weight is 318 g/mol. The van der Waals surface area contributed by atoms with Crippen molar-refractivity contribution in [2.45, 2.75) is 32.4 Å². The molecule has 3 rings (SSSR count). The van der Waals surface area contributed by atoms with E-state index in [4.69, 9.17) is 9.47 Å². The molecule has 2 heterocycles. The van der Waals surface area contributed by atoms with E-state index < -0.39 is 4.92 Å². The molecule has 1 fully saturated rings. The Morgan fingerprint density at radius 3 is 2.91 bits per heavy atom. The van der Waals surface area contributed by atoms with E-state index >= 15 is 0 Å². The monoisotopic (exact) mass is 318 g/mol. The minimum atomic E-state index is -0.476. The maximum atomic E-state index is 11.1. The second-order valence-electron chi connectivity index (χ2n) is 5.36. The van der Waals surface area contributed by atoms with Crippen LogP contribution < -0.4 is 4.74 Å². The molecule has 1 saturated heterocycles. The van der Waals surface area contributed by atoms with Crippen molar-refractivity contribution in [3.8, 4) is 17.1 Å². The van der Waals surface area contributed by atoms with Crippen molar-refractivity contribution in [2.75, 3.05) is 13.7 Å². The number of rotatable bonds is 4. The molecule has 8 nitrogen and oxygen atoms in total. The molecular formula is C15H18N4O4. The minimum absolute atomic E-state index is 0.104. The number of methoxy groups -OCH3 is 1. The average Bonchev–Trinajstić information content (AvgIpc) is 2.96. The van der Waals surface area contributed by atoms with Crippen LogP contribution in [0.2, 0.25) is 0 Å². The van der Waals surface area contributed by atoms with Crippen LogP contribution in [0.5, 0.6) is 5.75 Å². The van der Waals surface area contributed by atoms with Crippen molar-refractivity contribution in [3.63, 3.8) is 0 Å². The second-order valence-corrected chi connectivity index (χ2v) is 5.36. The zero-order valence-corrected chi connectivity index (χ0v) is 13.1. The van der Waals surface area contributed by atoms with Crippen LogP contribution >= 0.6 is 0 Å². The minimum Gasteiger partial charge on any atom is -0.490 e. The Morgan fingerprint density at radius 1 is 1.43 bits per heavy atom. The van der Waals surface area contributed by atoms with E-state index in [2.05, 4.69) is 10.1 Å². The van der Waals surface area contributed by atoms with Crippen LogP contribution in [-0.4, -0.2) is 33.4 Å². The van der Waals surface area contributed by atoms with Crippen molar-refractivity contribution in [1.29, 1.82) is 0 Å². The van der Waals surface area contributed by atoms with Gasteiger partial charge < -0.3 is 9.47 Å². The van der Waals surface area contributed by atoms with Crippen LogP contribution in [0.3, 0.4) is 0 Å². The van der Waals surface area contributed by atoms with Crippen LogP contribution in [0.1, 0.15) is 31.3 Å². The largest absolute Gasteiger partial charge is 0.490 e. The van der Waals surface area contributed by atoms with Gasteiger partial charge >= 0.3 is 5.69 Å². The molecule has 0 amide bonds. The Morgan fingerprint density at radius 2 is 2.26 bits per heavy atom. The first-order valence-electron chi connectivity index (χ1n) is 7.48. The molecule has 0 spiro atoms. The van der Waals surface area contributed by atoms with Gasteiger partial charge in [-0.3, -0.25) is 10.1 Å². The molecule has 1 atom stereocenters. The number of hydrogen-bond acceptors (Lipinski definition) is 6. The molecule has 2 aromatic rings. The number of nitro groups is 1. The Balaban J connectivity index is 2.02. The van der Waals surface area contributed by atoms with Crippen LogP contribution in [0.15, 0.2) is 18.2 Å². The Bertz CT molecular complexity index is 722. The summed E-state index contributed by atoms with van der Waals surface area (Å²) in [6, 6.07) is 4.71. The second kappa shape index (κ2) is 6.33. The Labute approximate surface area is 133 Å². The van der Waals surface area contributed by atoms with E-state index in [9.17, 15) is 10.1 Å². The van der Waals surface area contributed by atoms with E-state index in [1.165, 1.54) is 13.2 Å². The number of hydrogen-bond donors (Lipinski definition) is 0. The summed E-state index contributed by atoms with van der Waals surface area (Å²) in [6.45, 7) is 2.55. The van der Waals surface area contributed by atoms with Gasteiger partial charge in [0.2, 0.25) is 5.75 Å². The lowest BCUT2D eigenvalue weighted by atomic mass is 10.1. The highest BCUT2D eigenvalue weighted by molar-refractivity contribution is 5.70. The third-order valence-corrected chi connectivity index (χ3v) is 3.87. The summed E-state index contributed by atoms with van der Waals surface area (Å²) in [5, 5.41) is 15.6. The lowest BCUT2D eigenvalue weighted by Gasteiger charge is -2.23. The molecule has 0 bridgehead atoms. The van der Waals surface area contributed by atoms with Gasteiger partial charge in [0.25, 0.3) is 0 Å². The van der Waals surface area contributed by atoms with E-state index in [-0.39, 0.29) is 17.7 Å². The lowest BCUT2D eigenvalue weighted by molar-refractivity contribution is -0.385. The maximum absolute atomic E-state index is 11.1. The van der Waals surface area contributed by atoms with Gasteiger partial charge in [-0.15, -0.1) is 5.10 Å². The number of aryl methyl sites for hydroxylation is 1. The normalized spacial score (nSPS) is 17.9. The number of nitrogens with zero attached hydrogens (tertiary/aromatic N) is 4. The number of aromatic nitrogens is 3. The van der Waals surface area contributed by atoms with Crippen molar-refractivity contribution in [1.82, 2.24) is 14.8 Å². The first kappa shape index (κ1) is 15.4. The van der Waals surface area contributed by atoms with E-state index in [1.54, 1.807) is 16.8 Å². The predicted molar refractivity (Wildman–Crippen MR) is 82.2 cm³/mol. The smallest absolute Gasteiger partial charge is 0.311 e. The van der Waals surface area contributed by atoms with Crippen LogP contribution in [0, 0.1) is 17.0 Å². The van der Waals surface area contributed by atoms with Gasteiger partial charge in [-0.2, -0.15) is 0 Å². The number of nitro benzene ring substituents is 1. The topological polar surface area (TPSA) is 92.3 Å². The summed E-state index contributed by atoms with van der Waals surface area (Å²) in [4.78, 5) is 15.1. The SMILES string of the molecule is COc1c(-c2nc(C)n(C3CCCCO3)n2)cccc1[N+](=O)[O-]. The first-order valence-corrected chi connectivity index (χ1v) is 7.48. The summed E-state index contributed by atoms with van der Waals surface area (Å²) < 4.78 is 12.7. The number of ether oxygens (including phenoxy) is 2. The van der Waals surface area contributed by atoms with Crippen molar-refractivity contribution < 1.29 is 14.4 Å². The van der Waals surface area contributed by atoms with Gasteiger partial charge in [0, 0.05) is 12.7 Å². The molecule has 1 aromatic carbocycles. The third kappa shape index (κ3) is 2.89.